The molecular formula is C16H30N8O4. The van der Waals surface area contributed by atoms with Gasteiger partial charge in [-0.1, -0.05) is 15.3 Å². The van der Waals surface area contributed by atoms with E-state index in [4.69, 9.17) is 5.21 Å². The van der Waals surface area contributed by atoms with E-state index in [1.807, 2.05) is 39.8 Å². The number of imidazole rings is 1. The molecule has 0 aliphatic heterocycles. The predicted octanol–water partition coefficient (Wildman–Crippen LogP) is 1.05. The second kappa shape index (κ2) is 9.57. The van der Waals surface area contributed by atoms with E-state index in [0.717, 1.165) is 0 Å². The van der Waals surface area contributed by atoms with Gasteiger partial charge in [-0.2, -0.15) is 0 Å². The summed E-state index contributed by atoms with van der Waals surface area (Å²) in [7, 11) is 1.86. The molecule has 1 heterocycles. The monoisotopic (exact) mass is 398 g/mol. The molecule has 0 bridgehead atoms. The lowest BCUT2D eigenvalue weighted by atomic mass is 9.98. The third kappa shape index (κ3) is 6.25. The highest BCUT2D eigenvalue weighted by Gasteiger charge is 2.29. The van der Waals surface area contributed by atoms with Gasteiger partial charge < -0.3 is 25.8 Å². The number of nitrogens with one attached hydrogen (secondary N) is 2. The van der Waals surface area contributed by atoms with Crippen LogP contribution in [-0.2, 0) is 6.54 Å². The van der Waals surface area contributed by atoms with Crippen molar-refractivity contribution in [1.82, 2.24) is 25.3 Å². The van der Waals surface area contributed by atoms with Crippen LogP contribution in [0.3, 0.4) is 0 Å². The van der Waals surface area contributed by atoms with Crippen molar-refractivity contribution >= 4 is 17.4 Å². The first-order valence-electron chi connectivity index (χ1n) is 8.74. The maximum Gasteiger partial charge on any atom is 0.434 e. The maximum absolute atomic E-state index is 11.0. The molecule has 0 saturated heterocycles. The summed E-state index contributed by atoms with van der Waals surface area (Å²) in [6.45, 7) is 10.3. The minimum absolute atomic E-state index is 0.0279. The zero-order valence-corrected chi connectivity index (χ0v) is 17.2. The first-order valence-corrected chi connectivity index (χ1v) is 8.74. The molecule has 0 amide bonds. The Hall–Kier alpha value is -2.57. The molecule has 28 heavy (non-hydrogen) atoms. The van der Waals surface area contributed by atoms with Crippen molar-refractivity contribution in [3.05, 3.63) is 22.5 Å². The molecule has 12 heteroatoms. The van der Waals surface area contributed by atoms with Gasteiger partial charge in [-0.15, -0.1) is 0 Å². The Morgan fingerprint density at radius 2 is 1.96 bits per heavy atom. The summed E-state index contributed by atoms with van der Waals surface area (Å²) < 4.78 is 1.31. The third-order valence-electron chi connectivity index (χ3n) is 4.56. The first-order chi connectivity index (χ1) is 12.9. The molecule has 0 unspecified atom stereocenters. The van der Waals surface area contributed by atoms with Gasteiger partial charge in [0.25, 0.3) is 0 Å². The lowest BCUT2D eigenvalue weighted by Gasteiger charge is -2.33. The minimum Gasteiger partial charge on any atom is -0.411 e. The predicted molar refractivity (Wildman–Crippen MR) is 105 cm³/mol. The van der Waals surface area contributed by atoms with Gasteiger partial charge in [-0.3, -0.25) is 0 Å². The molecule has 1 aromatic heterocycles. The van der Waals surface area contributed by atoms with Crippen molar-refractivity contribution in [2.24, 2.45) is 10.3 Å². The average molecular weight is 398 g/mol. The summed E-state index contributed by atoms with van der Waals surface area (Å²) in [5.74, 6) is -0.316. The fourth-order valence-electron chi connectivity index (χ4n) is 2.49. The smallest absolute Gasteiger partial charge is 0.411 e. The van der Waals surface area contributed by atoms with Gasteiger partial charge in [0.1, 0.15) is 24.7 Å². The van der Waals surface area contributed by atoms with E-state index in [2.05, 4.69) is 26.0 Å². The van der Waals surface area contributed by atoms with E-state index in [1.165, 1.54) is 17.0 Å². The van der Waals surface area contributed by atoms with Crippen LogP contribution >= 0.6 is 0 Å². The normalized spacial score (nSPS) is 14.0. The lowest BCUT2D eigenvalue weighted by molar-refractivity contribution is -0.396. The number of likely N-dealkylation sites (N-methyl/N-ethyl adjacent to an activating group) is 1. The number of oxime groups is 2. The quantitative estimate of drug-likeness (QED) is 0.187. The van der Waals surface area contributed by atoms with E-state index in [0.29, 0.717) is 24.5 Å². The highest BCUT2D eigenvalue weighted by Crippen LogP contribution is 2.13. The molecule has 4 N–H and O–H groups in total. The van der Waals surface area contributed by atoms with Crippen LogP contribution in [0.4, 0.5) is 5.95 Å². The Labute approximate surface area is 164 Å². The van der Waals surface area contributed by atoms with Crippen LogP contribution in [-0.4, -0.2) is 72.5 Å². The van der Waals surface area contributed by atoms with Gasteiger partial charge in [0.2, 0.25) is 0 Å². The summed E-state index contributed by atoms with van der Waals surface area (Å²) in [5, 5.41) is 41.1. The Morgan fingerprint density at radius 1 is 1.32 bits per heavy atom. The van der Waals surface area contributed by atoms with Crippen LogP contribution in [0.1, 0.15) is 34.6 Å². The molecular weight excluding hydrogens is 368 g/mol. The summed E-state index contributed by atoms with van der Waals surface area (Å²) in [6.07, 6.45) is 2.79. The fraction of sp³-hybridized carbons (Fsp3) is 0.688. The standard InChI is InChI=1S/C16H30N8O4/c1-12(19-25)15(2,3)21-22(6)9-8-18-16(4,5)13(20-26)11-23-10-7-17-14(23)24(27)28/h7,10,18,21,25-26H,8-9,11H2,1-6H3/b19-12+,20-13+. The summed E-state index contributed by atoms with van der Waals surface area (Å²) in [6, 6.07) is 0. The SMILES string of the molecule is C/C(=N\O)C(C)(C)NN(C)CCNC(C)(C)/C(Cn1ccnc1[N+](=O)[O-])=N/O. The van der Waals surface area contributed by atoms with E-state index in [1.54, 1.807) is 6.92 Å². The second-order valence-corrected chi connectivity index (χ2v) is 7.55. The number of nitrogens with zero attached hydrogens (tertiary/aromatic N) is 6. The lowest BCUT2D eigenvalue weighted by Crippen LogP contribution is -2.56. The highest BCUT2D eigenvalue weighted by atomic mass is 16.6. The second-order valence-electron chi connectivity index (χ2n) is 7.55. The average Bonchev–Trinajstić information content (AvgIpc) is 3.06. The topological polar surface area (TPSA) is 153 Å². The van der Waals surface area contributed by atoms with E-state index in [9.17, 15) is 15.3 Å². The van der Waals surface area contributed by atoms with Gasteiger partial charge >= 0.3 is 5.95 Å². The Morgan fingerprint density at radius 3 is 2.50 bits per heavy atom. The van der Waals surface area contributed by atoms with Gasteiger partial charge in [-0.25, -0.2) is 15.0 Å². The molecule has 12 nitrogen and oxygen atoms in total. The molecule has 0 saturated carbocycles. The molecule has 0 fully saturated rings. The summed E-state index contributed by atoms with van der Waals surface area (Å²) >= 11 is 0. The van der Waals surface area contributed by atoms with Crippen molar-refractivity contribution in [3.63, 3.8) is 0 Å². The Bertz CT molecular complexity index is 726. The fourth-order valence-corrected chi connectivity index (χ4v) is 2.49. The minimum atomic E-state index is -0.717. The van der Waals surface area contributed by atoms with Crippen molar-refractivity contribution in [3.8, 4) is 0 Å². The zero-order chi connectivity index (χ0) is 21.5. The Kier molecular flexibility index (Phi) is 8.02. The van der Waals surface area contributed by atoms with Crippen molar-refractivity contribution in [2.45, 2.75) is 52.2 Å². The molecule has 1 rings (SSSR count). The zero-order valence-electron chi connectivity index (χ0n) is 17.2. The van der Waals surface area contributed by atoms with Gasteiger partial charge in [0.15, 0.2) is 0 Å². The van der Waals surface area contributed by atoms with Crippen LogP contribution in [0, 0.1) is 10.1 Å². The van der Waals surface area contributed by atoms with Gasteiger partial charge in [0, 0.05) is 20.1 Å². The first kappa shape index (κ1) is 23.5. The van der Waals surface area contributed by atoms with Crippen LogP contribution in [0.2, 0.25) is 0 Å². The molecule has 0 atom stereocenters. The molecule has 0 aliphatic carbocycles. The van der Waals surface area contributed by atoms with Crippen LogP contribution < -0.4 is 10.7 Å². The van der Waals surface area contributed by atoms with Crippen LogP contribution in [0.5, 0.6) is 0 Å². The molecule has 0 aliphatic rings. The summed E-state index contributed by atoms with van der Waals surface area (Å²) in [4.78, 5) is 14.1. The molecule has 0 aromatic carbocycles. The van der Waals surface area contributed by atoms with E-state index in [-0.39, 0.29) is 12.5 Å². The van der Waals surface area contributed by atoms with Crippen molar-refractivity contribution in [2.75, 3.05) is 20.1 Å². The number of hydrogen-bond donors (Lipinski definition) is 4. The van der Waals surface area contributed by atoms with E-state index >= 15 is 0 Å². The third-order valence-corrected chi connectivity index (χ3v) is 4.56. The van der Waals surface area contributed by atoms with Crippen LogP contribution in [0.25, 0.3) is 0 Å². The number of hydrazine groups is 1. The highest BCUT2D eigenvalue weighted by molar-refractivity contribution is 5.92. The Balaban J connectivity index is 2.66. The summed E-state index contributed by atoms with van der Waals surface area (Å²) in [5.41, 5.74) is 2.87. The number of nitro groups is 1. The number of rotatable bonds is 11. The van der Waals surface area contributed by atoms with Crippen molar-refractivity contribution in [1.29, 1.82) is 0 Å². The van der Waals surface area contributed by atoms with Crippen molar-refractivity contribution < 1.29 is 15.3 Å². The van der Waals surface area contributed by atoms with E-state index < -0.39 is 16.0 Å². The number of aromatic nitrogens is 2. The maximum atomic E-state index is 11.0. The molecule has 0 radical (unpaired) electrons. The largest absolute Gasteiger partial charge is 0.434 e. The molecule has 0 spiro atoms. The number of hydrogen-bond acceptors (Lipinski definition) is 10. The van der Waals surface area contributed by atoms with Gasteiger partial charge in [-0.05, 0) is 39.5 Å². The van der Waals surface area contributed by atoms with Crippen LogP contribution in [0.15, 0.2) is 22.7 Å². The molecule has 158 valence electrons. The molecule has 1 aromatic rings. The van der Waals surface area contributed by atoms with Gasteiger partial charge in [0.05, 0.1) is 16.8 Å².